The number of rotatable bonds is 10. The Balaban J connectivity index is 3.70. The highest BCUT2D eigenvalue weighted by Crippen LogP contribution is 2.14. The first kappa shape index (κ1) is 16.4. The van der Waals surface area contributed by atoms with Gasteiger partial charge in [-0.2, -0.15) is 0 Å². The molecule has 102 valence electrons. The van der Waals surface area contributed by atoms with E-state index in [1.165, 1.54) is 0 Å². The molecule has 0 bridgehead atoms. The normalized spacial score (nSPS) is 14.4. The fourth-order valence-electron chi connectivity index (χ4n) is 1.81. The minimum atomic E-state index is 0.0945. The van der Waals surface area contributed by atoms with Crippen LogP contribution in [0, 0.1) is 5.92 Å². The minimum Gasteiger partial charge on any atom is -0.380 e. The van der Waals surface area contributed by atoms with Crippen molar-refractivity contribution in [2.24, 2.45) is 11.7 Å². The molecule has 2 unspecified atom stereocenters. The number of carbonyl (C=O) groups excluding carboxylic acids is 1. The van der Waals surface area contributed by atoms with Gasteiger partial charge in [-0.1, -0.05) is 13.3 Å². The van der Waals surface area contributed by atoms with Gasteiger partial charge in [-0.3, -0.25) is 4.79 Å². The fourth-order valence-corrected chi connectivity index (χ4v) is 1.81. The van der Waals surface area contributed by atoms with Gasteiger partial charge in [0.1, 0.15) is 0 Å². The SMILES string of the molecule is CCOCC(C)NC(=O)CCC(CC)CCN. The van der Waals surface area contributed by atoms with Gasteiger partial charge in [0.25, 0.3) is 0 Å². The summed E-state index contributed by atoms with van der Waals surface area (Å²) in [7, 11) is 0. The van der Waals surface area contributed by atoms with Crippen molar-refractivity contribution in [2.45, 2.75) is 52.5 Å². The molecule has 0 spiro atoms. The Morgan fingerprint density at radius 1 is 1.35 bits per heavy atom. The summed E-state index contributed by atoms with van der Waals surface area (Å²) in [6, 6.07) is 0.0945. The molecule has 17 heavy (non-hydrogen) atoms. The maximum Gasteiger partial charge on any atom is 0.220 e. The molecule has 0 rings (SSSR count). The molecular formula is C13H28N2O2. The second-order valence-corrected chi connectivity index (χ2v) is 4.52. The number of hydrogen-bond donors (Lipinski definition) is 2. The largest absolute Gasteiger partial charge is 0.380 e. The van der Waals surface area contributed by atoms with Crippen LogP contribution in [0.5, 0.6) is 0 Å². The summed E-state index contributed by atoms with van der Waals surface area (Å²) in [5, 5.41) is 2.94. The van der Waals surface area contributed by atoms with Crippen molar-refractivity contribution in [3.8, 4) is 0 Å². The summed E-state index contributed by atoms with van der Waals surface area (Å²) in [4.78, 5) is 11.6. The Morgan fingerprint density at radius 3 is 2.59 bits per heavy atom. The van der Waals surface area contributed by atoms with Crippen molar-refractivity contribution in [2.75, 3.05) is 19.8 Å². The lowest BCUT2D eigenvalue weighted by atomic mass is 9.96. The molecule has 2 atom stereocenters. The molecule has 0 radical (unpaired) electrons. The molecular weight excluding hydrogens is 216 g/mol. The minimum absolute atomic E-state index is 0.0945. The maximum absolute atomic E-state index is 11.6. The average Bonchev–Trinajstić information content (AvgIpc) is 2.31. The molecule has 0 saturated heterocycles. The summed E-state index contributed by atoms with van der Waals surface area (Å²) < 4.78 is 5.25. The van der Waals surface area contributed by atoms with Crippen molar-refractivity contribution in [3.63, 3.8) is 0 Å². The molecule has 0 aromatic heterocycles. The maximum atomic E-state index is 11.6. The van der Waals surface area contributed by atoms with E-state index < -0.39 is 0 Å². The topological polar surface area (TPSA) is 64.3 Å². The van der Waals surface area contributed by atoms with Gasteiger partial charge in [0, 0.05) is 19.1 Å². The molecule has 0 fully saturated rings. The summed E-state index contributed by atoms with van der Waals surface area (Å²) in [6.45, 7) is 8.05. The second-order valence-electron chi connectivity index (χ2n) is 4.52. The third-order valence-electron chi connectivity index (χ3n) is 2.91. The molecule has 4 nitrogen and oxygen atoms in total. The fraction of sp³-hybridized carbons (Fsp3) is 0.923. The first-order chi connectivity index (χ1) is 8.13. The molecule has 0 heterocycles. The molecule has 0 aliphatic heterocycles. The standard InChI is InChI=1S/C13H28N2O2/c1-4-12(8-9-14)6-7-13(16)15-11(3)10-17-5-2/h11-12H,4-10,14H2,1-3H3,(H,15,16). The van der Waals surface area contributed by atoms with Crippen LogP contribution in [0.25, 0.3) is 0 Å². The van der Waals surface area contributed by atoms with Gasteiger partial charge >= 0.3 is 0 Å². The number of amides is 1. The Hall–Kier alpha value is -0.610. The average molecular weight is 244 g/mol. The first-order valence-corrected chi connectivity index (χ1v) is 6.71. The summed E-state index contributed by atoms with van der Waals surface area (Å²) in [5.41, 5.74) is 5.53. The summed E-state index contributed by atoms with van der Waals surface area (Å²) >= 11 is 0. The monoisotopic (exact) mass is 244 g/mol. The van der Waals surface area contributed by atoms with E-state index >= 15 is 0 Å². The van der Waals surface area contributed by atoms with Crippen molar-refractivity contribution in [3.05, 3.63) is 0 Å². The predicted octanol–water partition coefficient (Wildman–Crippen LogP) is 1.68. The molecule has 0 aromatic rings. The first-order valence-electron chi connectivity index (χ1n) is 6.71. The Labute approximate surface area is 105 Å². The van der Waals surface area contributed by atoms with Gasteiger partial charge in [-0.15, -0.1) is 0 Å². The molecule has 1 amide bonds. The highest BCUT2D eigenvalue weighted by molar-refractivity contribution is 5.76. The number of nitrogens with two attached hydrogens (primary N) is 1. The quantitative estimate of drug-likeness (QED) is 0.614. The van der Waals surface area contributed by atoms with E-state index in [1.807, 2.05) is 13.8 Å². The zero-order valence-electron chi connectivity index (χ0n) is 11.5. The van der Waals surface area contributed by atoms with Gasteiger partial charge in [0.2, 0.25) is 5.91 Å². The van der Waals surface area contributed by atoms with Crippen molar-refractivity contribution in [1.82, 2.24) is 5.32 Å². The highest BCUT2D eigenvalue weighted by atomic mass is 16.5. The van der Waals surface area contributed by atoms with Crippen LogP contribution in [0.15, 0.2) is 0 Å². The lowest BCUT2D eigenvalue weighted by molar-refractivity contribution is -0.122. The molecule has 0 saturated carbocycles. The van der Waals surface area contributed by atoms with Crippen LogP contribution in [-0.2, 0) is 9.53 Å². The van der Waals surface area contributed by atoms with E-state index in [0.29, 0.717) is 32.1 Å². The van der Waals surface area contributed by atoms with Crippen LogP contribution in [0.4, 0.5) is 0 Å². The lowest BCUT2D eigenvalue weighted by Crippen LogP contribution is -2.36. The Bertz CT molecular complexity index is 198. The summed E-state index contributed by atoms with van der Waals surface area (Å²) in [6.07, 6.45) is 3.63. The van der Waals surface area contributed by atoms with E-state index in [2.05, 4.69) is 12.2 Å². The number of hydrogen-bond acceptors (Lipinski definition) is 3. The van der Waals surface area contributed by atoms with Crippen molar-refractivity contribution >= 4 is 5.91 Å². The zero-order valence-corrected chi connectivity index (χ0v) is 11.5. The third kappa shape index (κ3) is 9.12. The van der Waals surface area contributed by atoms with E-state index in [1.54, 1.807) is 0 Å². The van der Waals surface area contributed by atoms with Crippen molar-refractivity contribution in [1.29, 1.82) is 0 Å². The van der Waals surface area contributed by atoms with E-state index in [-0.39, 0.29) is 11.9 Å². The Kier molecular flexibility index (Phi) is 10.2. The van der Waals surface area contributed by atoms with Crippen LogP contribution in [0.2, 0.25) is 0 Å². The van der Waals surface area contributed by atoms with Crippen molar-refractivity contribution < 1.29 is 9.53 Å². The number of nitrogens with one attached hydrogen (secondary N) is 1. The molecule has 4 heteroatoms. The molecule has 0 aromatic carbocycles. The lowest BCUT2D eigenvalue weighted by Gasteiger charge is -2.16. The van der Waals surface area contributed by atoms with Gasteiger partial charge in [-0.05, 0) is 39.2 Å². The molecule has 0 aliphatic carbocycles. The molecule has 3 N–H and O–H groups in total. The van der Waals surface area contributed by atoms with E-state index in [0.717, 1.165) is 19.3 Å². The Morgan fingerprint density at radius 2 is 2.06 bits per heavy atom. The predicted molar refractivity (Wildman–Crippen MR) is 70.8 cm³/mol. The number of ether oxygens (including phenoxy) is 1. The van der Waals surface area contributed by atoms with E-state index in [9.17, 15) is 4.79 Å². The van der Waals surface area contributed by atoms with E-state index in [4.69, 9.17) is 10.5 Å². The van der Waals surface area contributed by atoms with Crippen LogP contribution in [0.1, 0.15) is 46.5 Å². The molecule has 0 aliphatic rings. The third-order valence-corrected chi connectivity index (χ3v) is 2.91. The highest BCUT2D eigenvalue weighted by Gasteiger charge is 2.11. The summed E-state index contributed by atoms with van der Waals surface area (Å²) in [5.74, 6) is 0.695. The van der Waals surface area contributed by atoms with Crippen LogP contribution in [0.3, 0.4) is 0 Å². The smallest absolute Gasteiger partial charge is 0.220 e. The van der Waals surface area contributed by atoms with Crippen LogP contribution >= 0.6 is 0 Å². The second kappa shape index (κ2) is 10.5. The van der Waals surface area contributed by atoms with Crippen LogP contribution < -0.4 is 11.1 Å². The number of carbonyl (C=O) groups is 1. The van der Waals surface area contributed by atoms with Gasteiger partial charge < -0.3 is 15.8 Å². The zero-order chi connectivity index (χ0) is 13.1. The van der Waals surface area contributed by atoms with Gasteiger partial charge in [0.05, 0.1) is 6.61 Å². The van der Waals surface area contributed by atoms with Crippen LogP contribution in [-0.4, -0.2) is 31.7 Å². The van der Waals surface area contributed by atoms with Gasteiger partial charge in [-0.25, -0.2) is 0 Å². The van der Waals surface area contributed by atoms with Gasteiger partial charge in [0.15, 0.2) is 0 Å².